The van der Waals surface area contributed by atoms with Gasteiger partial charge in [0.15, 0.2) is 0 Å². The number of hydrogen-bond donors (Lipinski definition) is 1. The van der Waals surface area contributed by atoms with Gasteiger partial charge in [-0.1, -0.05) is 20.8 Å². The van der Waals surface area contributed by atoms with Crippen molar-refractivity contribution >= 4 is 25.3 Å². The molecule has 0 atom stereocenters. The first kappa shape index (κ1) is 14.7. The summed E-state index contributed by atoms with van der Waals surface area (Å²) in [6.07, 6.45) is 0.577. The normalized spacial score (nSPS) is 12.7. The molecule has 1 aromatic heterocycles. The molecular formula is C15H21NO3Si. The molecule has 0 spiro atoms. The highest BCUT2D eigenvalue weighted by molar-refractivity contribution is 6.74. The van der Waals surface area contributed by atoms with Crippen molar-refractivity contribution in [2.45, 2.75) is 38.9 Å². The maximum atomic E-state index is 11.2. The van der Waals surface area contributed by atoms with Gasteiger partial charge in [-0.2, -0.15) is 0 Å². The Kier molecular flexibility index (Phi) is 3.42. The molecule has 0 saturated carbocycles. The molecule has 1 aromatic carbocycles. The van der Waals surface area contributed by atoms with Crippen LogP contribution in [0.4, 0.5) is 4.79 Å². The quantitative estimate of drug-likeness (QED) is 0.826. The molecule has 0 saturated heterocycles. The molecule has 0 amide bonds. The second-order valence-electron chi connectivity index (χ2n) is 6.55. The summed E-state index contributed by atoms with van der Waals surface area (Å²) in [5.74, 6) is 0.741. The lowest BCUT2D eigenvalue weighted by Gasteiger charge is -2.36. The van der Waals surface area contributed by atoms with E-state index in [1.807, 2.05) is 18.2 Å². The van der Waals surface area contributed by atoms with E-state index in [2.05, 4.69) is 33.9 Å². The smallest absolute Gasteiger partial charge is 0.416 e. The van der Waals surface area contributed by atoms with E-state index in [0.29, 0.717) is 5.52 Å². The lowest BCUT2D eigenvalue weighted by atomic mass is 10.2. The topological polar surface area (TPSA) is 51.5 Å². The summed E-state index contributed by atoms with van der Waals surface area (Å²) < 4.78 is 7.43. The van der Waals surface area contributed by atoms with Crippen LogP contribution in [0.2, 0.25) is 18.1 Å². The van der Waals surface area contributed by atoms with Crippen LogP contribution < -0.4 is 4.43 Å². The van der Waals surface area contributed by atoms with Gasteiger partial charge in [0.25, 0.3) is 0 Å². The minimum absolute atomic E-state index is 0.108. The molecule has 20 heavy (non-hydrogen) atoms. The molecule has 1 N–H and O–H groups in total. The second-order valence-corrected chi connectivity index (χ2v) is 11.3. The average Bonchev–Trinajstić information content (AvgIpc) is 2.69. The Morgan fingerprint density at radius 1 is 1.25 bits per heavy atom. The number of carboxylic acid groups (broad SMARTS) is 1. The van der Waals surface area contributed by atoms with E-state index < -0.39 is 14.4 Å². The third-order valence-electron chi connectivity index (χ3n) is 4.05. The molecule has 0 radical (unpaired) electrons. The monoisotopic (exact) mass is 291 g/mol. The van der Waals surface area contributed by atoms with Crippen LogP contribution in [0.25, 0.3) is 10.9 Å². The third kappa shape index (κ3) is 2.58. The summed E-state index contributed by atoms with van der Waals surface area (Å²) in [4.78, 5) is 11.2. The predicted molar refractivity (Wildman–Crippen MR) is 83.2 cm³/mol. The molecule has 2 rings (SSSR count). The summed E-state index contributed by atoms with van der Waals surface area (Å²) in [5.41, 5.74) is 0.661. The number of rotatable bonds is 2. The zero-order chi connectivity index (χ0) is 15.1. The first-order valence-electron chi connectivity index (χ1n) is 6.65. The van der Waals surface area contributed by atoms with Gasteiger partial charge < -0.3 is 9.53 Å². The number of aromatic nitrogens is 1. The van der Waals surface area contributed by atoms with Crippen molar-refractivity contribution in [1.29, 1.82) is 0 Å². The molecule has 0 aliphatic carbocycles. The Morgan fingerprint density at radius 3 is 2.45 bits per heavy atom. The molecule has 108 valence electrons. The van der Waals surface area contributed by atoms with E-state index in [9.17, 15) is 4.79 Å². The SMILES string of the molecule is CC(C)(C)[Si](C)(C)Oc1ccc2ccn(C(=O)O)c2c1. The van der Waals surface area contributed by atoms with Crippen molar-refractivity contribution in [1.82, 2.24) is 4.57 Å². The van der Waals surface area contributed by atoms with E-state index in [4.69, 9.17) is 9.53 Å². The lowest BCUT2D eigenvalue weighted by molar-refractivity contribution is 0.197. The highest BCUT2D eigenvalue weighted by Crippen LogP contribution is 2.37. The summed E-state index contributed by atoms with van der Waals surface area (Å²) >= 11 is 0. The third-order valence-corrected chi connectivity index (χ3v) is 8.41. The van der Waals surface area contributed by atoms with Gasteiger partial charge in [-0.25, -0.2) is 4.79 Å². The minimum Gasteiger partial charge on any atom is -0.543 e. The van der Waals surface area contributed by atoms with Crippen molar-refractivity contribution in [3.05, 3.63) is 30.5 Å². The Morgan fingerprint density at radius 2 is 1.90 bits per heavy atom. The summed E-state index contributed by atoms with van der Waals surface area (Å²) in [7, 11) is -1.91. The fourth-order valence-corrected chi connectivity index (χ4v) is 2.81. The Labute approximate surface area is 120 Å². The van der Waals surface area contributed by atoms with Crippen molar-refractivity contribution in [2.24, 2.45) is 0 Å². The maximum absolute atomic E-state index is 11.2. The highest BCUT2D eigenvalue weighted by atomic mass is 28.4. The van der Waals surface area contributed by atoms with Crippen LogP contribution in [-0.4, -0.2) is 24.1 Å². The molecule has 0 bridgehead atoms. The zero-order valence-electron chi connectivity index (χ0n) is 12.6. The van der Waals surface area contributed by atoms with Crippen LogP contribution in [0.15, 0.2) is 30.5 Å². The van der Waals surface area contributed by atoms with E-state index in [-0.39, 0.29) is 5.04 Å². The zero-order valence-corrected chi connectivity index (χ0v) is 13.6. The van der Waals surface area contributed by atoms with Crippen molar-refractivity contribution in [3.63, 3.8) is 0 Å². The van der Waals surface area contributed by atoms with E-state index in [1.165, 1.54) is 4.57 Å². The summed E-state index contributed by atoms with van der Waals surface area (Å²) in [6, 6.07) is 7.41. The molecule has 5 heteroatoms. The van der Waals surface area contributed by atoms with Gasteiger partial charge in [-0.15, -0.1) is 0 Å². The minimum atomic E-state index is -1.91. The maximum Gasteiger partial charge on any atom is 0.416 e. The highest BCUT2D eigenvalue weighted by Gasteiger charge is 2.39. The van der Waals surface area contributed by atoms with Gasteiger partial charge in [-0.3, -0.25) is 4.57 Å². The molecule has 0 aliphatic heterocycles. The van der Waals surface area contributed by atoms with Gasteiger partial charge in [0.05, 0.1) is 5.52 Å². The van der Waals surface area contributed by atoms with Gasteiger partial charge in [0.2, 0.25) is 8.32 Å². The van der Waals surface area contributed by atoms with Gasteiger partial charge in [0.1, 0.15) is 5.75 Å². The first-order valence-corrected chi connectivity index (χ1v) is 9.56. The van der Waals surface area contributed by atoms with Gasteiger partial charge >= 0.3 is 6.09 Å². The summed E-state index contributed by atoms with van der Waals surface area (Å²) in [6.45, 7) is 10.9. The summed E-state index contributed by atoms with van der Waals surface area (Å²) in [5, 5.41) is 10.2. The Balaban J connectivity index is 2.42. The molecule has 2 aromatic rings. The number of nitrogens with zero attached hydrogens (tertiary/aromatic N) is 1. The van der Waals surface area contributed by atoms with Crippen LogP contribution in [0.5, 0.6) is 5.75 Å². The number of hydrogen-bond acceptors (Lipinski definition) is 2. The van der Waals surface area contributed by atoms with E-state index in [0.717, 1.165) is 11.1 Å². The van der Waals surface area contributed by atoms with E-state index in [1.54, 1.807) is 12.3 Å². The Bertz CT molecular complexity index is 653. The van der Waals surface area contributed by atoms with Crippen LogP contribution in [0.3, 0.4) is 0 Å². The van der Waals surface area contributed by atoms with Crippen LogP contribution in [-0.2, 0) is 0 Å². The van der Waals surface area contributed by atoms with Crippen LogP contribution >= 0.6 is 0 Å². The lowest BCUT2D eigenvalue weighted by Crippen LogP contribution is -2.43. The van der Waals surface area contributed by atoms with Gasteiger partial charge in [0, 0.05) is 17.6 Å². The number of benzene rings is 1. The average molecular weight is 291 g/mol. The molecule has 0 aliphatic rings. The Hall–Kier alpha value is -1.75. The standard InChI is InChI=1S/C15H21NO3Si/c1-15(2,3)20(4,5)19-12-7-6-11-8-9-16(14(17)18)13(11)10-12/h6-10H,1-5H3,(H,17,18). The molecule has 1 heterocycles. The van der Waals surface area contributed by atoms with Crippen molar-refractivity contribution in [2.75, 3.05) is 0 Å². The second kappa shape index (κ2) is 4.66. The largest absolute Gasteiger partial charge is 0.543 e. The first-order chi connectivity index (χ1) is 9.12. The molecule has 0 unspecified atom stereocenters. The fourth-order valence-electron chi connectivity index (χ4n) is 1.79. The predicted octanol–water partition coefficient (Wildman–Crippen LogP) is 4.55. The number of carbonyl (C=O) groups is 1. The molecule has 0 fully saturated rings. The van der Waals surface area contributed by atoms with Crippen molar-refractivity contribution in [3.8, 4) is 5.75 Å². The number of fused-ring (bicyclic) bond motifs is 1. The molecular weight excluding hydrogens is 270 g/mol. The van der Waals surface area contributed by atoms with Gasteiger partial charge in [-0.05, 0) is 36.3 Å². The van der Waals surface area contributed by atoms with Crippen LogP contribution in [0, 0.1) is 0 Å². The molecule has 4 nitrogen and oxygen atoms in total. The van der Waals surface area contributed by atoms with Crippen molar-refractivity contribution < 1.29 is 14.3 Å². The fraction of sp³-hybridized carbons (Fsp3) is 0.400. The van der Waals surface area contributed by atoms with E-state index >= 15 is 0 Å². The van der Waals surface area contributed by atoms with Crippen LogP contribution in [0.1, 0.15) is 20.8 Å².